The van der Waals surface area contributed by atoms with Crippen molar-refractivity contribution in [3.63, 3.8) is 0 Å². The van der Waals surface area contributed by atoms with Crippen molar-refractivity contribution in [1.29, 1.82) is 0 Å². The van der Waals surface area contributed by atoms with E-state index in [9.17, 15) is 9.59 Å². The van der Waals surface area contributed by atoms with Crippen LogP contribution in [0, 0.1) is 0 Å². The summed E-state index contributed by atoms with van der Waals surface area (Å²) in [5, 5.41) is 3.51. The SMILES string of the molecule is CCOC(=O)C(CC(=O)c1cccnc1)=NOC. The van der Waals surface area contributed by atoms with Gasteiger partial charge < -0.3 is 9.57 Å². The molecular weight excluding hydrogens is 236 g/mol. The summed E-state index contributed by atoms with van der Waals surface area (Å²) in [6, 6.07) is 3.26. The number of pyridine rings is 1. The van der Waals surface area contributed by atoms with Gasteiger partial charge in [0.15, 0.2) is 11.5 Å². The summed E-state index contributed by atoms with van der Waals surface area (Å²) < 4.78 is 4.78. The van der Waals surface area contributed by atoms with Crippen molar-refractivity contribution >= 4 is 17.5 Å². The first-order valence-corrected chi connectivity index (χ1v) is 5.39. The average Bonchev–Trinajstić information content (AvgIpc) is 2.39. The van der Waals surface area contributed by atoms with Crippen molar-refractivity contribution in [3.05, 3.63) is 30.1 Å². The number of nitrogens with zero attached hydrogens (tertiary/aromatic N) is 2. The number of hydrogen-bond acceptors (Lipinski definition) is 6. The highest BCUT2D eigenvalue weighted by Gasteiger charge is 2.19. The summed E-state index contributed by atoms with van der Waals surface area (Å²) in [6.07, 6.45) is 2.81. The second-order valence-corrected chi connectivity index (χ2v) is 3.28. The van der Waals surface area contributed by atoms with E-state index in [1.54, 1.807) is 25.3 Å². The van der Waals surface area contributed by atoms with Gasteiger partial charge in [0.05, 0.1) is 13.0 Å². The monoisotopic (exact) mass is 250 g/mol. The van der Waals surface area contributed by atoms with E-state index in [0.717, 1.165) is 0 Å². The molecule has 1 heterocycles. The van der Waals surface area contributed by atoms with Gasteiger partial charge in [-0.1, -0.05) is 5.16 Å². The zero-order valence-electron chi connectivity index (χ0n) is 10.3. The normalized spacial score (nSPS) is 10.9. The van der Waals surface area contributed by atoms with E-state index in [4.69, 9.17) is 4.74 Å². The Balaban J connectivity index is 2.76. The molecule has 96 valence electrons. The Morgan fingerprint density at radius 1 is 1.44 bits per heavy atom. The number of carbonyl (C=O) groups excluding carboxylic acids is 2. The van der Waals surface area contributed by atoms with Gasteiger partial charge in [-0.3, -0.25) is 9.78 Å². The van der Waals surface area contributed by atoms with Gasteiger partial charge in [0.2, 0.25) is 0 Å². The molecule has 0 aliphatic rings. The van der Waals surface area contributed by atoms with Crippen LogP contribution in [0.5, 0.6) is 0 Å². The van der Waals surface area contributed by atoms with Crippen LogP contribution in [0.3, 0.4) is 0 Å². The number of ketones is 1. The molecule has 0 atom stereocenters. The Labute approximate surface area is 105 Å². The van der Waals surface area contributed by atoms with E-state index in [0.29, 0.717) is 5.56 Å². The molecule has 0 saturated carbocycles. The van der Waals surface area contributed by atoms with Crippen molar-refractivity contribution < 1.29 is 19.2 Å². The topological polar surface area (TPSA) is 77.9 Å². The van der Waals surface area contributed by atoms with Crippen molar-refractivity contribution in [2.24, 2.45) is 5.16 Å². The molecule has 1 aromatic rings. The summed E-state index contributed by atoms with van der Waals surface area (Å²) in [4.78, 5) is 31.7. The van der Waals surface area contributed by atoms with E-state index in [1.807, 2.05) is 0 Å². The standard InChI is InChI=1S/C12H14N2O4/c1-3-18-12(16)10(14-17-2)7-11(15)9-5-4-6-13-8-9/h4-6,8H,3,7H2,1-2H3. The summed E-state index contributed by atoms with van der Waals surface area (Å²) in [5.41, 5.74) is 0.346. The zero-order chi connectivity index (χ0) is 13.4. The first-order chi connectivity index (χ1) is 8.69. The minimum Gasteiger partial charge on any atom is -0.461 e. The molecule has 0 saturated heterocycles. The van der Waals surface area contributed by atoms with Crippen LogP contribution in [0.4, 0.5) is 0 Å². The highest BCUT2D eigenvalue weighted by Crippen LogP contribution is 2.04. The van der Waals surface area contributed by atoms with Crippen LogP contribution in [0.25, 0.3) is 0 Å². The Kier molecular flexibility index (Phi) is 5.50. The Hall–Kier alpha value is -2.24. The first kappa shape index (κ1) is 13.8. The minimum atomic E-state index is -0.656. The van der Waals surface area contributed by atoms with Crippen LogP contribution in [-0.2, 0) is 14.4 Å². The van der Waals surface area contributed by atoms with Gasteiger partial charge in [0, 0.05) is 18.0 Å². The number of ether oxygens (including phenoxy) is 1. The summed E-state index contributed by atoms with van der Waals surface area (Å²) in [6.45, 7) is 1.88. The van der Waals surface area contributed by atoms with Gasteiger partial charge in [-0.15, -0.1) is 0 Å². The highest BCUT2D eigenvalue weighted by atomic mass is 16.6. The van der Waals surface area contributed by atoms with E-state index in [2.05, 4.69) is 15.0 Å². The molecule has 0 aliphatic carbocycles. The van der Waals surface area contributed by atoms with Gasteiger partial charge in [-0.25, -0.2) is 4.79 Å². The highest BCUT2D eigenvalue weighted by molar-refractivity contribution is 6.40. The maximum atomic E-state index is 11.9. The summed E-state index contributed by atoms with van der Waals surface area (Å²) in [5.74, 6) is -0.927. The van der Waals surface area contributed by atoms with Crippen molar-refractivity contribution in [3.8, 4) is 0 Å². The second-order valence-electron chi connectivity index (χ2n) is 3.28. The molecule has 1 rings (SSSR count). The molecule has 1 aromatic heterocycles. The van der Waals surface area contributed by atoms with E-state index >= 15 is 0 Å². The first-order valence-electron chi connectivity index (χ1n) is 5.39. The largest absolute Gasteiger partial charge is 0.461 e. The molecule has 0 spiro atoms. The number of esters is 1. The smallest absolute Gasteiger partial charge is 0.356 e. The van der Waals surface area contributed by atoms with Gasteiger partial charge in [0.25, 0.3) is 0 Å². The number of carbonyl (C=O) groups is 2. The molecule has 0 amide bonds. The predicted molar refractivity (Wildman–Crippen MR) is 64.3 cm³/mol. The van der Waals surface area contributed by atoms with Crippen molar-refractivity contribution in [2.45, 2.75) is 13.3 Å². The third-order valence-corrected chi connectivity index (χ3v) is 2.02. The fourth-order valence-electron chi connectivity index (χ4n) is 1.25. The Morgan fingerprint density at radius 2 is 2.22 bits per heavy atom. The number of rotatable bonds is 6. The number of oxime groups is 1. The number of hydrogen-bond donors (Lipinski definition) is 0. The van der Waals surface area contributed by atoms with Crippen LogP contribution in [0.2, 0.25) is 0 Å². The average molecular weight is 250 g/mol. The Bertz CT molecular complexity index is 443. The minimum absolute atomic E-state index is 0.0618. The van der Waals surface area contributed by atoms with Crippen LogP contribution in [0.1, 0.15) is 23.7 Å². The van der Waals surface area contributed by atoms with Gasteiger partial charge in [0.1, 0.15) is 7.11 Å². The lowest BCUT2D eigenvalue weighted by Crippen LogP contribution is -2.21. The summed E-state index contributed by atoms with van der Waals surface area (Å²) >= 11 is 0. The van der Waals surface area contributed by atoms with E-state index in [-0.39, 0.29) is 24.5 Å². The molecule has 0 bridgehead atoms. The van der Waals surface area contributed by atoms with Crippen LogP contribution in [0.15, 0.2) is 29.7 Å². The summed E-state index contributed by atoms with van der Waals surface area (Å²) in [7, 11) is 1.30. The fraction of sp³-hybridized carbons (Fsp3) is 0.333. The lowest BCUT2D eigenvalue weighted by atomic mass is 10.1. The lowest BCUT2D eigenvalue weighted by Gasteiger charge is -2.04. The molecule has 0 aliphatic heterocycles. The molecule has 18 heavy (non-hydrogen) atoms. The second kappa shape index (κ2) is 7.16. The maximum absolute atomic E-state index is 11.9. The molecule has 0 N–H and O–H groups in total. The van der Waals surface area contributed by atoms with Crippen LogP contribution >= 0.6 is 0 Å². The number of aromatic nitrogens is 1. The molecule has 6 heteroatoms. The lowest BCUT2D eigenvalue weighted by molar-refractivity contribution is -0.135. The maximum Gasteiger partial charge on any atom is 0.356 e. The Morgan fingerprint density at radius 3 is 2.78 bits per heavy atom. The van der Waals surface area contributed by atoms with Crippen LogP contribution in [-0.4, -0.2) is 36.2 Å². The van der Waals surface area contributed by atoms with E-state index < -0.39 is 5.97 Å². The van der Waals surface area contributed by atoms with Crippen molar-refractivity contribution in [2.75, 3.05) is 13.7 Å². The molecule has 0 unspecified atom stereocenters. The van der Waals surface area contributed by atoms with Crippen LogP contribution < -0.4 is 0 Å². The third kappa shape index (κ3) is 3.97. The molecule has 0 fully saturated rings. The third-order valence-electron chi connectivity index (χ3n) is 2.02. The molecule has 0 radical (unpaired) electrons. The quantitative estimate of drug-likeness (QED) is 0.328. The van der Waals surface area contributed by atoms with Gasteiger partial charge in [-0.2, -0.15) is 0 Å². The van der Waals surface area contributed by atoms with Gasteiger partial charge in [-0.05, 0) is 19.1 Å². The number of Topliss-reactive ketones (excluding diaryl/α,β-unsaturated/α-hetero) is 1. The van der Waals surface area contributed by atoms with Crippen molar-refractivity contribution in [1.82, 2.24) is 4.98 Å². The predicted octanol–water partition coefficient (Wildman–Crippen LogP) is 1.22. The molecule has 0 aromatic carbocycles. The molecular formula is C12H14N2O4. The molecule has 6 nitrogen and oxygen atoms in total. The van der Waals surface area contributed by atoms with Gasteiger partial charge >= 0.3 is 5.97 Å². The van der Waals surface area contributed by atoms with E-state index in [1.165, 1.54) is 13.3 Å². The zero-order valence-corrected chi connectivity index (χ0v) is 10.3. The fourth-order valence-corrected chi connectivity index (χ4v) is 1.25.